The molecular formula is C20H27ClIN5O. The van der Waals surface area contributed by atoms with E-state index in [-0.39, 0.29) is 36.0 Å². The lowest BCUT2D eigenvalue weighted by molar-refractivity contribution is 0.250. The number of hydrogen-bond acceptors (Lipinski definition) is 2. The van der Waals surface area contributed by atoms with Crippen molar-refractivity contribution >= 4 is 53.3 Å². The Hall–Kier alpha value is -2.00. The summed E-state index contributed by atoms with van der Waals surface area (Å²) >= 11 is 6.00. The SMILES string of the molecule is CN=C(NCc1ccc(NC(=O)NC(C)C)cc1)NCc1cccc(Cl)c1.I. The zero-order valence-electron chi connectivity index (χ0n) is 16.3. The fraction of sp³-hybridized carbons (Fsp3) is 0.300. The molecule has 0 saturated carbocycles. The van der Waals surface area contributed by atoms with Crippen molar-refractivity contribution in [2.45, 2.75) is 33.0 Å². The minimum Gasteiger partial charge on any atom is -0.352 e. The fourth-order valence-corrected chi connectivity index (χ4v) is 2.59. The molecule has 4 N–H and O–H groups in total. The van der Waals surface area contributed by atoms with Crippen LogP contribution < -0.4 is 21.3 Å². The fourth-order valence-electron chi connectivity index (χ4n) is 2.37. The number of carbonyl (C=O) groups is 1. The maximum atomic E-state index is 11.7. The lowest BCUT2D eigenvalue weighted by atomic mass is 10.2. The summed E-state index contributed by atoms with van der Waals surface area (Å²) in [7, 11) is 1.73. The smallest absolute Gasteiger partial charge is 0.319 e. The molecule has 0 unspecified atom stereocenters. The minimum absolute atomic E-state index is 0. The number of benzene rings is 2. The van der Waals surface area contributed by atoms with Gasteiger partial charge in [-0.3, -0.25) is 4.99 Å². The molecule has 0 atom stereocenters. The van der Waals surface area contributed by atoms with Gasteiger partial charge >= 0.3 is 6.03 Å². The monoisotopic (exact) mass is 515 g/mol. The average Bonchev–Trinajstić information content (AvgIpc) is 2.62. The molecule has 2 amide bonds. The van der Waals surface area contributed by atoms with Crippen LogP contribution in [0.4, 0.5) is 10.5 Å². The molecule has 0 aliphatic rings. The van der Waals surface area contributed by atoms with E-state index in [0.29, 0.717) is 24.1 Å². The molecule has 6 nitrogen and oxygen atoms in total. The molecule has 8 heteroatoms. The third-order valence-electron chi connectivity index (χ3n) is 3.66. The molecule has 0 bridgehead atoms. The molecule has 0 spiro atoms. The Morgan fingerprint density at radius 1 is 1.04 bits per heavy atom. The molecule has 2 aromatic rings. The van der Waals surface area contributed by atoms with Crippen LogP contribution in [0.5, 0.6) is 0 Å². The minimum atomic E-state index is -0.207. The van der Waals surface area contributed by atoms with Crippen molar-refractivity contribution in [2.24, 2.45) is 4.99 Å². The molecule has 2 aromatic carbocycles. The quantitative estimate of drug-likeness (QED) is 0.262. The van der Waals surface area contributed by atoms with Crippen LogP contribution in [0.2, 0.25) is 5.02 Å². The summed E-state index contributed by atoms with van der Waals surface area (Å²) in [5.74, 6) is 0.702. The van der Waals surface area contributed by atoms with E-state index in [4.69, 9.17) is 11.6 Å². The van der Waals surface area contributed by atoms with E-state index in [1.807, 2.05) is 62.4 Å². The number of rotatable bonds is 6. The number of halogens is 2. The summed E-state index contributed by atoms with van der Waals surface area (Å²) in [6.07, 6.45) is 0. The number of anilines is 1. The second-order valence-electron chi connectivity index (χ2n) is 6.36. The van der Waals surface area contributed by atoms with Gasteiger partial charge in [-0.1, -0.05) is 35.9 Å². The molecule has 0 aliphatic carbocycles. The van der Waals surface area contributed by atoms with Gasteiger partial charge in [-0.2, -0.15) is 0 Å². The number of aliphatic imine (C=N–C) groups is 1. The number of nitrogens with zero attached hydrogens (tertiary/aromatic N) is 1. The predicted octanol–water partition coefficient (Wildman–Crippen LogP) is 4.35. The Kier molecular flexibility index (Phi) is 10.7. The van der Waals surface area contributed by atoms with E-state index in [1.165, 1.54) is 0 Å². The molecule has 0 aliphatic heterocycles. The Labute approximate surface area is 188 Å². The molecule has 0 heterocycles. The highest BCUT2D eigenvalue weighted by Gasteiger charge is 2.04. The number of carbonyl (C=O) groups excluding carboxylic acids is 1. The van der Waals surface area contributed by atoms with Gasteiger partial charge in [0, 0.05) is 36.9 Å². The first-order chi connectivity index (χ1) is 13.0. The first-order valence-electron chi connectivity index (χ1n) is 8.81. The molecular weight excluding hydrogens is 489 g/mol. The first-order valence-corrected chi connectivity index (χ1v) is 9.19. The van der Waals surface area contributed by atoms with Crippen molar-refractivity contribution in [1.82, 2.24) is 16.0 Å². The standard InChI is InChI=1S/C20H26ClN5O.HI/c1-14(2)25-20(27)26-18-9-7-15(8-10-18)12-23-19(22-3)24-13-16-5-4-6-17(21)11-16;/h4-11,14H,12-13H2,1-3H3,(H2,22,23,24)(H2,25,26,27);1H. The number of nitrogens with one attached hydrogen (secondary N) is 4. The normalized spacial score (nSPS) is 10.8. The summed E-state index contributed by atoms with van der Waals surface area (Å²) in [4.78, 5) is 15.9. The number of hydrogen-bond donors (Lipinski definition) is 4. The van der Waals surface area contributed by atoms with Gasteiger partial charge < -0.3 is 21.3 Å². The van der Waals surface area contributed by atoms with Crippen LogP contribution in [0.15, 0.2) is 53.5 Å². The highest BCUT2D eigenvalue weighted by molar-refractivity contribution is 14.0. The molecule has 0 radical (unpaired) electrons. The van der Waals surface area contributed by atoms with Crippen molar-refractivity contribution in [2.75, 3.05) is 12.4 Å². The third-order valence-corrected chi connectivity index (χ3v) is 3.90. The van der Waals surface area contributed by atoms with Gasteiger partial charge in [-0.05, 0) is 49.2 Å². The van der Waals surface area contributed by atoms with Crippen molar-refractivity contribution in [3.63, 3.8) is 0 Å². The first kappa shape index (κ1) is 24.0. The zero-order valence-corrected chi connectivity index (χ0v) is 19.3. The van der Waals surface area contributed by atoms with Crippen molar-refractivity contribution in [3.8, 4) is 0 Å². The summed E-state index contributed by atoms with van der Waals surface area (Å²) < 4.78 is 0. The molecule has 0 aromatic heterocycles. The maximum Gasteiger partial charge on any atom is 0.319 e. The van der Waals surface area contributed by atoms with Crippen molar-refractivity contribution in [1.29, 1.82) is 0 Å². The lowest BCUT2D eigenvalue weighted by Crippen LogP contribution is -2.36. The highest BCUT2D eigenvalue weighted by Crippen LogP contribution is 2.11. The van der Waals surface area contributed by atoms with Crippen LogP contribution >= 0.6 is 35.6 Å². The largest absolute Gasteiger partial charge is 0.352 e. The molecule has 2 rings (SSSR count). The van der Waals surface area contributed by atoms with Crippen molar-refractivity contribution < 1.29 is 4.79 Å². The van der Waals surface area contributed by atoms with Gasteiger partial charge in [0.05, 0.1) is 0 Å². The second kappa shape index (κ2) is 12.5. The summed E-state index contributed by atoms with van der Waals surface area (Å²) in [6.45, 7) is 5.09. The molecule has 28 heavy (non-hydrogen) atoms. The Morgan fingerprint density at radius 3 is 2.25 bits per heavy atom. The van der Waals surface area contributed by atoms with Gasteiger partial charge in [-0.25, -0.2) is 4.79 Å². The Balaban J connectivity index is 0.00000392. The zero-order chi connectivity index (χ0) is 19.6. The van der Waals surface area contributed by atoms with Gasteiger partial charge in [0.2, 0.25) is 0 Å². The van der Waals surface area contributed by atoms with E-state index in [2.05, 4.69) is 26.3 Å². The van der Waals surface area contributed by atoms with E-state index >= 15 is 0 Å². The van der Waals surface area contributed by atoms with E-state index in [9.17, 15) is 4.79 Å². The van der Waals surface area contributed by atoms with Gasteiger partial charge in [0.25, 0.3) is 0 Å². The van der Waals surface area contributed by atoms with Crippen LogP contribution in [-0.2, 0) is 13.1 Å². The average molecular weight is 516 g/mol. The van der Waals surface area contributed by atoms with Gasteiger partial charge in [0.15, 0.2) is 5.96 Å². The lowest BCUT2D eigenvalue weighted by Gasteiger charge is -2.13. The van der Waals surface area contributed by atoms with Crippen LogP contribution in [-0.4, -0.2) is 25.1 Å². The van der Waals surface area contributed by atoms with Gasteiger partial charge in [0.1, 0.15) is 0 Å². The summed E-state index contributed by atoms with van der Waals surface area (Å²) in [5.41, 5.74) is 2.91. The predicted molar refractivity (Wildman–Crippen MR) is 128 cm³/mol. The topological polar surface area (TPSA) is 77.5 Å². The van der Waals surface area contributed by atoms with Gasteiger partial charge in [-0.15, -0.1) is 24.0 Å². The van der Waals surface area contributed by atoms with Crippen LogP contribution in [0, 0.1) is 0 Å². The van der Waals surface area contributed by atoms with E-state index in [0.717, 1.165) is 16.8 Å². The molecule has 152 valence electrons. The highest BCUT2D eigenvalue weighted by atomic mass is 127. The van der Waals surface area contributed by atoms with Crippen LogP contribution in [0.25, 0.3) is 0 Å². The third kappa shape index (κ3) is 8.79. The number of guanidine groups is 1. The summed E-state index contributed by atoms with van der Waals surface area (Å²) in [6, 6.07) is 15.3. The summed E-state index contributed by atoms with van der Waals surface area (Å²) in [5, 5.41) is 12.8. The van der Waals surface area contributed by atoms with Crippen LogP contribution in [0.3, 0.4) is 0 Å². The molecule has 0 fully saturated rings. The van der Waals surface area contributed by atoms with E-state index in [1.54, 1.807) is 7.05 Å². The number of urea groups is 1. The maximum absolute atomic E-state index is 11.7. The van der Waals surface area contributed by atoms with E-state index < -0.39 is 0 Å². The second-order valence-corrected chi connectivity index (χ2v) is 6.80. The Bertz CT molecular complexity index is 780. The van der Waals surface area contributed by atoms with Crippen LogP contribution in [0.1, 0.15) is 25.0 Å². The Morgan fingerprint density at radius 2 is 1.68 bits per heavy atom. The number of amides is 2. The molecule has 0 saturated heterocycles. The van der Waals surface area contributed by atoms with Crippen molar-refractivity contribution in [3.05, 3.63) is 64.7 Å².